The standard InChI is InChI=1S/C8H10N5O/c1-5(14)2-13-4-12-6-7(9)10-3-11-8(6)13/h2-5,14H,1H3,(H2,9,10,11)/t5-/m1/s1. The lowest BCUT2D eigenvalue weighted by molar-refractivity contribution is 0.220. The smallest absolute Gasteiger partial charge is 0.165 e. The second-order valence-electron chi connectivity index (χ2n) is 2.97. The highest BCUT2D eigenvalue weighted by molar-refractivity contribution is 5.81. The zero-order chi connectivity index (χ0) is 10.1. The molecule has 2 rings (SSSR count). The molecule has 0 aliphatic carbocycles. The Hall–Kier alpha value is -1.69. The Labute approximate surface area is 80.4 Å². The van der Waals surface area contributed by atoms with Crippen LogP contribution in [0.5, 0.6) is 0 Å². The van der Waals surface area contributed by atoms with Crippen LogP contribution in [0.15, 0.2) is 12.7 Å². The summed E-state index contributed by atoms with van der Waals surface area (Å²) >= 11 is 0. The van der Waals surface area contributed by atoms with Gasteiger partial charge in [-0.2, -0.15) is 0 Å². The molecule has 0 saturated heterocycles. The first-order chi connectivity index (χ1) is 6.68. The maximum absolute atomic E-state index is 9.17. The second-order valence-corrected chi connectivity index (χ2v) is 2.97. The van der Waals surface area contributed by atoms with Gasteiger partial charge in [-0.25, -0.2) is 15.0 Å². The number of aliphatic hydroxyl groups excluding tert-OH is 1. The van der Waals surface area contributed by atoms with Crippen LogP contribution in [-0.2, 0) is 0 Å². The Morgan fingerprint density at radius 3 is 3.00 bits per heavy atom. The van der Waals surface area contributed by atoms with Crippen LogP contribution in [0.25, 0.3) is 11.2 Å². The van der Waals surface area contributed by atoms with E-state index >= 15 is 0 Å². The Morgan fingerprint density at radius 2 is 2.29 bits per heavy atom. The van der Waals surface area contributed by atoms with E-state index in [0.717, 1.165) is 0 Å². The van der Waals surface area contributed by atoms with Gasteiger partial charge in [0.1, 0.15) is 11.8 Å². The summed E-state index contributed by atoms with van der Waals surface area (Å²) in [6, 6.07) is 0. The molecule has 3 N–H and O–H groups in total. The van der Waals surface area contributed by atoms with Crippen molar-refractivity contribution in [1.29, 1.82) is 0 Å². The van der Waals surface area contributed by atoms with Crippen molar-refractivity contribution in [3.05, 3.63) is 19.2 Å². The molecule has 14 heavy (non-hydrogen) atoms. The van der Waals surface area contributed by atoms with E-state index in [1.807, 2.05) is 0 Å². The van der Waals surface area contributed by atoms with Crippen LogP contribution in [0.2, 0.25) is 0 Å². The molecule has 0 fully saturated rings. The van der Waals surface area contributed by atoms with Gasteiger partial charge in [0.25, 0.3) is 0 Å². The lowest BCUT2D eigenvalue weighted by atomic mass is 10.4. The normalized spacial score (nSPS) is 13.3. The van der Waals surface area contributed by atoms with Gasteiger partial charge in [-0.15, -0.1) is 0 Å². The quantitative estimate of drug-likeness (QED) is 0.687. The van der Waals surface area contributed by atoms with E-state index in [2.05, 4.69) is 15.0 Å². The summed E-state index contributed by atoms with van der Waals surface area (Å²) in [5.41, 5.74) is 6.74. The molecule has 2 aromatic rings. The van der Waals surface area contributed by atoms with E-state index in [1.165, 1.54) is 6.33 Å². The van der Waals surface area contributed by atoms with Gasteiger partial charge < -0.3 is 15.4 Å². The molecule has 1 atom stereocenters. The summed E-state index contributed by atoms with van der Waals surface area (Å²) in [5, 5.41) is 9.17. The summed E-state index contributed by atoms with van der Waals surface area (Å²) in [5.74, 6) is 0.341. The maximum atomic E-state index is 9.17. The van der Waals surface area contributed by atoms with Crippen molar-refractivity contribution in [2.45, 2.75) is 13.0 Å². The van der Waals surface area contributed by atoms with Crippen molar-refractivity contribution in [3.63, 3.8) is 0 Å². The van der Waals surface area contributed by atoms with Gasteiger partial charge in [0.05, 0.1) is 19.0 Å². The van der Waals surface area contributed by atoms with Gasteiger partial charge >= 0.3 is 0 Å². The van der Waals surface area contributed by atoms with Crippen molar-refractivity contribution in [3.8, 4) is 0 Å². The van der Waals surface area contributed by atoms with Crippen molar-refractivity contribution >= 4 is 17.0 Å². The van der Waals surface area contributed by atoms with Gasteiger partial charge in [0, 0.05) is 0 Å². The largest absolute Gasteiger partial charge is 0.391 e. The van der Waals surface area contributed by atoms with Crippen molar-refractivity contribution in [2.75, 3.05) is 5.73 Å². The van der Waals surface area contributed by atoms with Crippen LogP contribution in [0.4, 0.5) is 5.82 Å². The van der Waals surface area contributed by atoms with Crippen LogP contribution in [0.3, 0.4) is 0 Å². The molecule has 0 aromatic carbocycles. The molecule has 0 aliphatic rings. The first-order valence-electron chi connectivity index (χ1n) is 4.14. The minimum atomic E-state index is -0.566. The molecule has 2 heterocycles. The zero-order valence-electron chi connectivity index (χ0n) is 7.62. The van der Waals surface area contributed by atoms with Gasteiger partial charge in [-0.05, 0) is 6.92 Å². The Bertz CT molecular complexity index is 450. The first kappa shape index (κ1) is 8.89. The number of imidazole rings is 1. The van der Waals surface area contributed by atoms with E-state index < -0.39 is 6.10 Å². The molecule has 0 aliphatic heterocycles. The second kappa shape index (κ2) is 3.22. The van der Waals surface area contributed by atoms with E-state index in [4.69, 9.17) is 5.73 Å². The van der Waals surface area contributed by atoms with E-state index in [0.29, 0.717) is 17.0 Å². The molecule has 0 unspecified atom stereocenters. The van der Waals surface area contributed by atoms with Gasteiger partial charge in [-0.3, -0.25) is 0 Å². The van der Waals surface area contributed by atoms with Crippen LogP contribution in [0.1, 0.15) is 6.92 Å². The molecule has 6 nitrogen and oxygen atoms in total. The highest BCUT2D eigenvalue weighted by Gasteiger charge is 2.08. The third-order valence-corrected chi connectivity index (χ3v) is 1.76. The van der Waals surface area contributed by atoms with Gasteiger partial charge in [-0.1, -0.05) is 0 Å². The average molecular weight is 192 g/mol. The van der Waals surface area contributed by atoms with Crippen molar-refractivity contribution in [2.24, 2.45) is 0 Å². The van der Waals surface area contributed by atoms with E-state index in [9.17, 15) is 5.11 Å². The summed E-state index contributed by atoms with van der Waals surface area (Å²) in [7, 11) is 0. The molecular weight excluding hydrogens is 182 g/mol. The number of hydrogen-bond acceptors (Lipinski definition) is 5. The molecular formula is C8H10N5O. The number of fused-ring (bicyclic) bond motifs is 1. The topological polar surface area (TPSA) is 89.8 Å². The number of rotatable bonds is 2. The fourth-order valence-corrected chi connectivity index (χ4v) is 1.21. The summed E-state index contributed by atoms with van der Waals surface area (Å²) in [4.78, 5) is 11.9. The number of anilines is 1. The molecule has 1 radical (unpaired) electrons. The summed E-state index contributed by atoms with van der Waals surface area (Å²) in [6.45, 7) is 3.23. The fraction of sp³-hybridized carbons (Fsp3) is 0.250. The number of hydrogen-bond donors (Lipinski definition) is 2. The number of aromatic nitrogens is 4. The highest BCUT2D eigenvalue weighted by atomic mass is 16.3. The number of nitrogens with zero attached hydrogens (tertiary/aromatic N) is 4. The minimum Gasteiger partial charge on any atom is -0.391 e. The van der Waals surface area contributed by atoms with Gasteiger partial charge in [0.15, 0.2) is 11.5 Å². The third kappa shape index (κ3) is 1.39. The molecule has 0 spiro atoms. The monoisotopic (exact) mass is 192 g/mol. The molecule has 0 saturated carbocycles. The molecule has 2 aromatic heterocycles. The zero-order valence-corrected chi connectivity index (χ0v) is 7.62. The molecule has 0 amide bonds. The first-order valence-corrected chi connectivity index (χ1v) is 4.14. The predicted octanol–water partition coefficient (Wildman–Crippen LogP) is -0.201. The molecule has 0 bridgehead atoms. The maximum Gasteiger partial charge on any atom is 0.165 e. The number of nitrogen functional groups attached to an aromatic ring is 1. The van der Waals surface area contributed by atoms with E-state index in [-0.39, 0.29) is 0 Å². The number of nitrogens with two attached hydrogens (primary N) is 1. The minimum absolute atomic E-state index is 0.341. The highest BCUT2D eigenvalue weighted by Crippen LogP contribution is 2.14. The molecule has 6 heteroatoms. The van der Waals surface area contributed by atoms with Crippen LogP contribution in [-0.4, -0.2) is 30.7 Å². The lowest BCUT2D eigenvalue weighted by Gasteiger charge is -2.04. The third-order valence-electron chi connectivity index (χ3n) is 1.76. The average Bonchev–Trinajstić information content (AvgIpc) is 2.49. The van der Waals surface area contributed by atoms with Crippen molar-refractivity contribution in [1.82, 2.24) is 19.5 Å². The van der Waals surface area contributed by atoms with Crippen LogP contribution in [0, 0.1) is 6.54 Å². The summed E-state index contributed by atoms with van der Waals surface area (Å²) < 4.78 is 1.62. The predicted molar refractivity (Wildman–Crippen MR) is 51.1 cm³/mol. The van der Waals surface area contributed by atoms with Crippen LogP contribution < -0.4 is 5.73 Å². The van der Waals surface area contributed by atoms with Crippen LogP contribution >= 0.6 is 0 Å². The van der Waals surface area contributed by atoms with E-state index in [1.54, 1.807) is 24.4 Å². The van der Waals surface area contributed by atoms with Crippen molar-refractivity contribution < 1.29 is 5.11 Å². The van der Waals surface area contributed by atoms with Gasteiger partial charge in [0.2, 0.25) is 0 Å². The lowest BCUT2D eigenvalue weighted by Crippen LogP contribution is -2.08. The Balaban J connectivity index is 2.52. The Kier molecular flexibility index (Phi) is 2.05. The fourth-order valence-electron chi connectivity index (χ4n) is 1.21. The SMILES string of the molecule is C[C@@H](O)[CH]n1cnc2c(N)ncnc21. The Morgan fingerprint density at radius 1 is 1.50 bits per heavy atom. The summed E-state index contributed by atoms with van der Waals surface area (Å²) in [6.07, 6.45) is 2.34. The number of aliphatic hydroxyl groups is 1. The molecule has 73 valence electrons.